The average molecular weight is 369 g/mol. The number of carbonyl (C=O) groups is 1. The molecule has 0 spiro atoms. The van der Waals surface area contributed by atoms with Gasteiger partial charge >= 0.3 is 0 Å². The van der Waals surface area contributed by atoms with Crippen LogP contribution in [0.5, 0.6) is 5.75 Å². The first-order valence-corrected chi connectivity index (χ1v) is 9.34. The summed E-state index contributed by atoms with van der Waals surface area (Å²) in [7, 11) is 1.64. The summed E-state index contributed by atoms with van der Waals surface area (Å²) < 4.78 is 10.6. The van der Waals surface area contributed by atoms with E-state index in [-0.39, 0.29) is 17.9 Å². The fraction of sp³-hybridized carbons (Fsp3) is 0.316. The van der Waals surface area contributed by atoms with Crippen LogP contribution in [0.4, 0.5) is 0 Å². The molecule has 1 aromatic carbocycles. The number of methoxy groups -OCH3 is 1. The molecule has 2 unspecified atom stereocenters. The highest BCUT2D eigenvalue weighted by atomic mass is 32.1. The van der Waals surface area contributed by atoms with Crippen molar-refractivity contribution in [3.8, 4) is 16.5 Å². The summed E-state index contributed by atoms with van der Waals surface area (Å²) in [6.07, 6.45) is 0.395. The molecule has 134 valence electrons. The Morgan fingerprint density at radius 1 is 1.31 bits per heavy atom. The maximum Gasteiger partial charge on any atom is 0.232 e. The molecule has 1 aliphatic heterocycles. The molecule has 7 heteroatoms. The van der Waals surface area contributed by atoms with Crippen LogP contribution in [0.25, 0.3) is 10.7 Å². The lowest BCUT2D eigenvalue weighted by atomic mass is 10.1. The fourth-order valence-corrected chi connectivity index (χ4v) is 3.89. The molecule has 0 N–H and O–H groups in total. The van der Waals surface area contributed by atoms with Gasteiger partial charge in [0.2, 0.25) is 17.6 Å². The standard InChI is InChI=1S/C19H19N3O3S/c1-12(13-5-7-15(24-2)8-6-13)22-11-14(10-17(22)23)19-20-18(21-25-19)16-4-3-9-26-16/h3-9,12,14H,10-11H2,1-2H3. The minimum absolute atomic E-state index is 0.0157. The van der Waals surface area contributed by atoms with Crippen LogP contribution in [0.3, 0.4) is 0 Å². The van der Waals surface area contributed by atoms with Gasteiger partial charge in [-0.1, -0.05) is 23.4 Å². The predicted molar refractivity (Wildman–Crippen MR) is 98.1 cm³/mol. The van der Waals surface area contributed by atoms with Crippen LogP contribution in [0.15, 0.2) is 46.3 Å². The number of hydrogen-bond acceptors (Lipinski definition) is 6. The van der Waals surface area contributed by atoms with E-state index in [4.69, 9.17) is 9.26 Å². The van der Waals surface area contributed by atoms with Crippen LogP contribution < -0.4 is 4.74 Å². The fourth-order valence-electron chi connectivity index (χ4n) is 3.24. The first-order chi connectivity index (χ1) is 12.7. The van der Waals surface area contributed by atoms with Gasteiger partial charge in [-0.2, -0.15) is 4.98 Å². The monoisotopic (exact) mass is 369 g/mol. The number of carbonyl (C=O) groups excluding carboxylic acids is 1. The molecule has 1 aliphatic rings. The zero-order valence-corrected chi connectivity index (χ0v) is 15.4. The third kappa shape index (κ3) is 3.10. The second-order valence-corrected chi connectivity index (χ2v) is 7.28. The summed E-state index contributed by atoms with van der Waals surface area (Å²) in [6.45, 7) is 2.62. The number of benzene rings is 1. The zero-order chi connectivity index (χ0) is 18.1. The van der Waals surface area contributed by atoms with E-state index in [0.29, 0.717) is 24.7 Å². The van der Waals surface area contributed by atoms with Crippen LogP contribution in [-0.2, 0) is 4.79 Å². The molecule has 1 amide bonds. The lowest BCUT2D eigenvalue weighted by Gasteiger charge is -2.25. The Hall–Kier alpha value is -2.67. The minimum Gasteiger partial charge on any atom is -0.497 e. The zero-order valence-electron chi connectivity index (χ0n) is 14.6. The topological polar surface area (TPSA) is 68.5 Å². The van der Waals surface area contributed by atoms with E-state index < -0.39 is 0 Å². The molecule has 0 bridgehead atoms. The molecule has 4 rings (SSSR count). The molecule has 26 heavy (non-hydrogen) atoms. The quantitative estimate of drug-likeness (QED) is 0.683. The Morgan fingerprint density at radius 3 is 2.81 bits per heavy atom. The third-order valence-corrected chi connectivity index (χ3v) is 5.62. The van der Waals surface area contributed by atoms with E-state index in [1.165, 1.54) is 0 Å². The van der Waals surface area contributed by atoms with Gasteiger partial charge in [-0.25, -0.2) is 0 Å². The van der Waals surface area contributed by atoms with Gasteiger partial charge in [0.1, 0.15) is 5.75 Å². The molecule has 3 heterocycles. The molecule has 3 aromatic rings. The molecule has 2 atom stereocenters. The number of amides is 1. The van der Waals surface area contributed by atoms with Crippen LogP contribution in [-0.4, -0.2) is 34.6 Å². The highest BCUT2D eigenvalue weighted by Gasteiger charge is 2.37. The van der Waals surface area contributed by atoms with Crippen LogP contribution >= 0.6 is 11.3 Å². The Kier molecular flexibility index (Phi) is 4.46. The van der Waals surface area contributed by atoms with E-state index in [9.17, 15) is 4.79 Å². The van der Waals surface area contributed by atoms with Crippen LogP contribution in [0.1, 0.15) is 36.8 Å². The van der Waals surface area contributed by atoms with Gasteiger partial charge in [0.25, 0.3) is 0 Å². The van der Waals surface area contributed by atoms with Gasteiger partial charge in [-0.05, 0) is 36.1 Å². The molecule has 0 aliphatic carbocycles. The molecular weight excluding hydrogens is 350 g/mol. The van der Waals surface area contributed by atoms with Crippen molar-refractivity contribution in [3.63, 3.8) is 0 Å². The Morgan fingerprint density at radius 2 is 2.12 bits per heavy atom. The van der Waals surface area contributed by atoms with Gasteiger partial charge in [0.05, 0.1) is 23.9 Å². The second-order valence-electron chi connectivity index (χ2n) is 6.33. The molecule has 1 saturated heterocycles. The lowest BCUT2D eigenvalue weighted by molar-refractivity contribution is -0.129. The molecular formula is C19H19N3O3S. The summed E-state index contributed by atoms with van der Waals surface area (Å²) in [5.41, 5.74) is 1.07. The van der Waals surface area contributed by atoms with Crippen molar-refractivity contribution >= 4 is 17.2 Å². The van der Waals surface area contributed by atoms with E-state index >= 15 is 0 Å². The van der Waals surface area contributed by atoms with Gasteiger partial charge < -0.3 is 14.2 Å². The maximum absolute atomic E-state index is 12.5. The molecule has 2 aromatic heterocycles. The van der Waals surface area contributed by atoms with Gasteiger partial charge in [0.15, 0.2) is 0 Å². The smallest absolute Gasteiger partial charge is 0.232 e. The number of nitrogens with zero attached hydrogens (tertiary/aromatic N) is 3. The minimum atomic E-state index is -0.0654. The normalized spacial score (nSPS) is 18.3. The van der Waals surface area contributed by atoms with Gasteiger partial charge in [0, 0.05) is 13.0 Å². The average Bonchev–Trinajstić information content (AvgIpc) is 3.41. The van der Waals surface area contributed by atoms with Crippen molar-refractivity contribution in [2.75, 3.05) is 13.7 Å². The largest absolute Gasteiger partial charge is 0.497 e. The SMILES string of the molecule is COc1ccc(C(C)N2CC(c3nc(-c4cccs4)no3)CC2=O)cc1. The summed E-state index contributed by atoms with van der Waals surface area (Å²) >= 11 is 1.57. The number of rotatable bonds is 5. The highest BCUT2D eigenvalue weighted by Crippen LogP contribution is 2.34. The number of thiophene rings is 1. The molecule has 0 radical (unpaired) electrons. The van der Waals surface area contributed by atoms with E-state index in [1.54, 1.807) is 18.4 Å². The number of aromatic nitrogens is 2. The Bertz CT molecular complexity index is 889. The second kappa shape index (κ2) is 6.92. The highest BCUT2D eigenvalue weighted by molar-refractivity contribution is 7.13. The van der Waals surface area contributed by atoms with Crippen molar-refractivity contribution in [3.05, 3.63) is 53.2 Å². The Balaban J connectivity index is 1.49. The number of ether oxygens (including phenoxy) is 1. The van der Waals surface area contributed by atoms with Crippen molar-refractivity contribution in [2.45, 2.75) is 25.3 Å². The summed E-state index contributed by atoms with van der Waals surface area (Å²) in [4.78, 5) is 19.9. The van der Waals surface area contributed by atoms with E-state index in [0.717, 1.165) is 16.2 Å². The van der Waals surface area contributed by atoms with E-state index in [1.807, 2.05) is 53.6 Å². The van der Waals surface area contributed by atoms with Crippen molar-refractivity contribution in [1.29, 1.82) is 0 Å². The summed E-state index contributed by atoms with van der Waals surface area (Å²) in [5.74, 6) is 1.97. The summed E-state index contributed by atoms with van der Waals surface area (Å²) in [6, 6.07) is 11.7. The third-order valence-electron chi connectivity index (χ3n) is 4.76. The Labute approximate surface area is 155 Å². The summed E-state index contributed by atoms with van der Waals surface area (Å²) in [5, 5.41) is 6.03. The first kappa shape index (κ1) is 16.8. The number of hydrogen-bond donors (Lipinski definition) is 0. The van der Waals surface area contributed by atoms with Crippen LogP contribution in [0.2, 0.25) is 0 Å². The van der Waals surface area contributed by atoms with E-state index in [2.05, 4.69) is 10.1 Å². The van der Waals surface area contributed by atoms with Crippen molar-refractivity contribution in [1.82, 2.24) is 15.0 Å². The lowest BCUT2D eigenvalue weighted by Crippen LogP contribution is -2.28. The van der Waals surface area contributed by atoms with Gasteiger partial charge in [-0.15, -0.1) is 11.3 Å². The van der Waals surface area contributed by atoms with Crippen LogP contribution in [0, 0.1) is 0 Å². The van der Waals surface area contributed by atoms with Crippen molar-refractivity contribution in [2.24, 2.45) is 0 Å². The molecule has 0 saturated carbocycles. The predicted octanol–water partition coefficient (Wildman–Crippen LogP) is 3.88. The molecule has 6 nitrogen and oxygen atoms in total. The first-order valence-electron chi connectivity index (χ1n) is 8.46. The molecule has 1 fully saturated rings. The van der Waals surface area contributed by atoms with Crippen molar-refractivity contribution < 1.29 is 14.1 Å². The maximum atomic E-state index is 12.5. The number of likely N-dealkylation sites (tertiary alicyclic amines) is 1. The van der Waals surface area contributed by atoms with Gasteiger partial charge in [-0.3, -0.25) is 4.79 Å².